The first-order valence-electron chi connectivity index (χ1n) is 5.63. The summed E-state index contributed by atoms with van der Waals surface area (Å²) in [4.78, 5) is 0. The van der Waals surface area contributed by atoms with Gasteiger partial charge in [-0.25, -0.2) is 8.78 Å². The molecule has 0 aliphatic heterocycles. The smallest absolute Gasteiger partial charge is 0.127 e. The summed E-state index contributed by atoms with van der Waals surface area (Å²) in [6, 6.07) is 3.35. The van der Waals surface area contributed by atoms with Gasteiger partial charge in [-0.1, -0.05) is 20.8 Å². The van der Waals surface area contributed by atoms with Gasteiger partial charge in [-0.3, -0.25) is 0 Å². The second kappa shape index (κ2) is 5.56. The first-order chi connectivity index (χ1) is 7.80. The molecule has 0 saturated heterocycles. The van der Waals surface area contributed by atoms with E-state index in [0.29, 0.717) is 6.54 Å². The van der Waals surface area contributed by atoms with E-state index in [1.807, 2.05) is 20.8 Å². The molecule has 0 saturated carbocycles. The summed E-state index contributed by atoms with van der Waals surface area (Å²) in [5, 5.41) is 12.7. The van der Waals surface area contributed by atoms with Crippen LogP contribution in [0.3, 0.4) is 0 Å². The fourth-order valence-corrected chi connectivity index (χ4v) is 1.33. The van der Waals surface area contributed by atoms with Gasteiger partial charge in [0.25, 0.3) is 0 Å². The van der Waals surface area contributed by atoms with Crippen LogP contribution in [0.2, 0.25) is 0 Å². The molecule has 0 fully saturated rings. The molecular formula is C13H19F2NO. The quantitative estimate of drug-likeness (QED) is 0.851. The van der Waals surface area contributed by atoms with Crippen molar-refractivity contribution in [3.05, 3.63) is 35.4 Å². The van der Waals surface area contributed by atoms with Crippen LogP contribution in [0, 0.1) is 17.0 Å². The van der Waals surface area contributed by atoms with Gasteiger partial charge in [-0.2, -0.15) is 0 Å². The molecule has 0 heterocycles. The molecule has 96 valence electrons. The van der Waals surface area contributed by atoms with Crippen molar-refractivity contribution < 1.29 is 13.9 Å². The minimum absolute atomic E-state index is 0.205. The molecule has 1 rings (SSSR count). The molecule has 1 unspecified atom stereocenters. The van der Waals surface area contributed by atoms with Crippen LogP contribution in [-0.2, 0) is 6.54 Å². The lowest BCUT2D eigenvalue weighted by Gasteiger charge is -2.26. The van der Waals surface area contributed by atoms with Crippen LogP contribution in [0.5, 0.6) is 0 Å². The molecule has 1 aromatic rings. The zero-order chi connectivity index (χ0) is 13.1. The number of halogens is 2. The van der Waals surface area contributed by atoms with Crippen LogP contribution < -0.4 is 5.32 Å². The molecule has 0 aliphatic rings. The summed E-state index contributed by atoms with van der Waals surface area (Å²) in [5.41, 5.74) is 0.0409. The molecule has 0 aromatic heterocycles. The molecular weight excluding hydrogens is 224 g/mol. The Balaban J connectivity index is 2.49. The lowest BCUT2D eigenvalue weighted by molar-refractivity contribution is 0.0627. The van der Waals surface area contributed by atoms with E-state index in [1.54, 1.807) is 0 Å². The maximum absolute atomic E-state index is 13.3. The summed E-state index contributed by atoms with van der Waals surface area (Å²) in [5.74, 6) is -0.899. The zero-order valence-corrected chi connectivity index (χ0v) is 10.4. The molecule has 2 N–H and O–H groups in total. The molecule has 0 aliphatic carbocycles. The molecule has 0 amide bonds. The summed E-state index contributed by atoms with van der Waals surface area (Å²) >= 11 is 0. The molecule has 0 bridgehead atoms. The van der Waals surface area contributed by atoms with Crippen molar-refractivity contribution in [1.29, 1.82) is 0 Å². The van der Waals surface area contributed by atoms with Gasteiger partial charge in [0.2, 0.25) is 0 Å². The fourth-order valence-electron chi connectivity index (χ4n) is 1.33. The highest BCUT2D eigenvalue weighted by Gasteiger charge is 2.21. The van der Waals surface area contributed by atoms with Crippen molar-refractivity contribution in [1.82, 2.24) is 5.32 Å². The Morgan fingerprint density at radius 2 is 1.94 bits per heavy atom. The minimum Gasteiger partial charge on any atom is -0.391 e. The second-order valence-corrected chi connectivity index (χ2v) is 5.25. The third-order valence-corrected chi connectivity index (χ3v) is 2.66. The Kier molecular flexibility index (Phi) is 4.60. The van der Waals surface area contributed by atoms with Gasteiger partial charge in [0.1, 0.15) is 11.6 Å². The van der Waals surface area contributed by atoms with E-state index in [0.717, 1.165) is 18.2 Å². The number of hydrogen-bond acceptors (Lipinski definition) is 2. The molecule has 0 radical (unpaired) electrons. The van der Waals surface area contributed by atoms with Crippen molar-refractivity contribution in [2.24, 2.45) is 5.41 Å². The van der Waals surface area contributed by atoms with Crippen LogP contribution in [0.4, 0.5) is 8.78 Å². The largest absolute Gasteiger partial charge is 0.391 e. The third-order valence-electron chi connectivity index (χ3n) is 2.66. The number of aliphatic hydroxyl groups excluding tert-OH is 1. The number of hydrogen-bond donors (Lipinski definition) is 2. The zero-order valence-electron chi connectivity index (χ0n) is 10.4. The Morgan fingerprint density at radius 1 is 1.29 bits per heavy atom. The Bertz CT molecular complexity index is 374. The molecule has 17 heavy (non-hydrogen) atoms. The average Bonchev–Trinajstić information content (AvgIpc) is 2.21. The maximum atomic E-state index is 13.3. The van der Waals surface area contributed by atoms with E-state index in [4.69, 9.17) is 0 Å². The van der Waals surface area contributed by atoms with Crippen LogP contribution >= 0.6 is 0 Å². The SMILES string of the molecule is CC(C)(C)C(O)CNCc1cc(F)ccc1F. The second-order valence-electron chi connectivity index (χ2n) is 5.25. The maximum Gasteiger partial charge on any atom is 0.127 e. The highest BCUT2D eigenvalue weighted by Crippen LogP contribution is 2.18. The first-order valence-corrected chi connectivity index (χ1v) is 5.63. The standard InChI is InChI=1S/C13H19F2NO/c1-13(2,3)12(17)8-16-7-9-6-10(14)4-5-11(9)15/h4-6,12,16-17H,7-8H2,1-3H3. The number of benzene rings is 1. The van der Waals surface area contributed by atoms with E-state index < -0.39 is 17.7 Å². The van der Waals surface area contributed by atoms with Crippen molar-refractivity contribution in [2.45, 2.75) is 33.4 Å². The van der Waals surface area contributed by atoms with Gasteiger partial charge in [0.15, 0.2) is 0 Å². The van der Waals surface area contributed by atoms with E-state index in [9.17, 15) is 13.9 Å². The summed E-state index contributed by atoms with van der Waals surface area (Å²) in [6.07, 6.45) is -0.529. The third kappa shape index (κ3) is 4.40. The van der Waals surface area contributed by atoms with Crippen LogP contribution in [0.1, 0.15) is 26.3 Å². The van der Waals surface area contributed by atoms with Gasteiger partial charge >= 0.3 is 0 Å². The highest BCUT2D eigenvalue weighted by molar-refractivity contribution is 5.18. The molecule has 1 aromatic carbocycles. The minimum atomic E-state index is -0.529. The van der Waals surface area contributed by atoms with Gasteiger partial charge in [0.05, 0.1) is 6.10 Å². The molecule has 4 heteroatoms. The predicted molar refractivity (Wildman–Crippen MR) is 63.5 cm³/mol. The van der Waals surface area contributed by atoms with Gasteiger partial charge in [-0.05, 0) is 23.6 Å². The molecule has 1 atom stereocenters. The van der Waals surface area contributed by atoms with E-state index >= 15 is 0 Å². The van der Waals surface area contributed by atoms with E-state index in [2.05, 4.69) is 5.32 Å². The normalized spacial score (nSPS) is 13.8. The predicted octanol–water partition coefficient (Wildman–Crippen LogP) is 2.46. The topological polar surface area (TPSA) is 32.3 Å². The monoisotopic (exact) mass is 243 g/mol. The Morgan fingerprint density at radius 3 is 2.53 bits per heavy atom. The number of nitrogens with one attached hydrogen (secondary N) is 1. The van der Waals surface area contributed by atoms with Crippen molar-refractivity contribution >= 4 is 0 Å². The molecule has 2 nitrogen and oxygen atoms in total. The summed E-state index contributed by atoms with van der Waals surface area (Å²) < 4.78 is 26.1. The first kappa shape index (κ1) is 14.1. The van der Waals surface area contributed by atoms with Gasteiger partial charge in [0, 0.05) is 18.7 Å². The molecule has 0 spiro atoms. The van der Waals surface area contributed by atoms with Crippen LogP contribution in [0.25, 0.3) is 0 Å². The number of rotatable bonds is 4. The van der Waals surface area contributed by atoms with Crippen molar-refractivity contribution in [3.8, 4) is 0 Å². The average molecular weight is 243 g/mol. The van der Waals surface area contributed by atoms with Crippen molar-refractivity contribution in [2.75, 3.05) is 6.54 Å². The van der Waals surface area contributed by atoms with E-state index in [-0.39, 0.29) is 17.5 Å². The highest BCUT2D eigenvalue weighted by atomic mass is 19.1. The van der Waals surface area contributed by atoms with E-state index in [1.165, 1.54) is 0 Å². The fraction of sp³-hybridized carbons (Fsp3) is 0.538. The lowest BCUT2D eigenvalue weighted by Crippen LogP contribution is -2.36. The van der Waals surface area contributed by atoms with Gasteiger partial charge < -0.3 is 10.4 Å². The van der Waals surface area contributed by atoms with Crippen LogP contribution in [-0.4, -0.2) is 17.8 Å². The number of aliphatic hydroxyl groups is 1. The Hall–Kier alpha value is -1.00. The summed E-state index contributed by atoms with van der Waals surface area (Å²) in [7, 11) is 0. The summed E-state index contributed by atoms with van der Waals surface area (Å²) in [6.45, 7) is 6.31. The van der Waals surface area contributed by atoms with Crippen LogP contribution in [0.15, 0.2) is 18.2 Å². The lowest BCUT2D eigenvalue weighted by atomic mass is 9.89. The van der Waals surface area contributed by atoms with Gasteiger partial charge in [-0.15, -0.1) is 0 Å². The van der Waals surface area contributed by atoms with Crippen molar-refractivity contribution in [3.63, 3.8) is 0 Å². The Labute approximate surface area is 101 Å².